The number of halogens is 3. The van der Waals surface area contributed by atoms with Gasteiger partial charge in [0, 0.05) is 32.4 Å². The summed E-state index contributed by atoms with van der Waals surface area (Å²) in [5.41, 5.74) is 8.19. The molecule has 0 aliphatic carbocycles. The predicted octanol–water partition coefficient (Wildman–Crippen LogP) is 4.80. The SMILES string of the molecule is COCCCN(CCc1ccc(/C(N)=N/O)c(C)c1)c1nc2ccc(C(F)(F)F)cc2s1. The third kappa shape index (κ3) is 5.68. The van der Waals surface area contributed by atoms with Crippen LogP contribution >= 0.6 is 11.3 Å². The predicted molar refractivity (Wildman–Crippen MR) is 121 cm³/mol. The first kappa shape index (κ1) is 23.8. The van der Waals surface area contributed by atoms with Gasteiger partial charge in [-0.1, -0.05) is 34.7 Å². The highest BCUT2D eigenvalue weighted by Gasteiger charge is 2.31. The second kappa shape index (κ2) is 10.2. The summed E-state index contributed by atoms with van der Waals surface area (Å²) >= 11 is 1.26. The van der Waals surface area contributed by atoms with Crippen LogP contribution in [-0.2, 0) is 17.3 Å². The second-order valence-corrected chi connectivity index (χ2v) is 8.40. The highest BCUT2D eigenvalue weighted by Crippen LogP contribution is 2.35. The maximum Gasteiger partial charge on any atom is 0.416 e. The number of fused-ring (bicyclic) bond motifs is 1. The quantitative estimate of drug-likeness (QED) is 0.156. The van der Waals surface area contributed by atoms with Crippen LogP contribution in [0.2, 0.25) is 0 Å². The average molecular weight is 467 g/mol. The summed E-state index contributed by atoms with van der Waals surface area (Å²) in [6, 6.07) is 9.34. The summed E-state index contributed by atoms with van der Waals surface area (Å²) in [4.78, 5) is 6.64. The van der Waals surface area contributed by atoms with Crippen molar-refractivity contribution in [3.05, 3.63) is 58.7 Å². The van der Waals surface area contributed by atoms with E-state index in [-0.39, 0.29) is 5.84 Å². The smallest absolute Gasteiger partial charge is 0.409 e. The van der Waals surface area contributed by atoms with Gasteiger partial charge in [-0.05, 0) is 49.1 Å². The van der Waals surface area contributed by atoms with Gasteiger partial charge in [0.25, 0.3) is 0 Å². The Morgan fingerprint density at radius 3 is 2.66 bits per heavy atom. The second-order valence-electron chi connectivity index (χ2n) is 7.39. The molecule has 1 aromatic heterocycles. The fourth-order valence-corrected chi connectivity index (χ4v) is 4.47. The zero-order chi connectivity index (χ0) is 23.3. The number of anilines is 1. The first-order valence-electron chi connectivity index (χ1n) is 10.0. The topological polar surface area (TPSA) is 84.0 Å². The maximum atomic E-state index is 13.1. The zero-order valence-corrected chi connectivity index (χ0v) is 18.6. The van der Waals surface area contributed by atoms with Gasteiger partial charge in [-0.15, -0.1) is 0 Å². The van der Waals surface area contributed by atoms with E-state index in [1.165, 1.54) is 17.4 Å². The van der Waals surface area contributed by atoms with Gasteiger partial charge < -0.3 is 20.6 Å². The van der Waals surface area contributed by atoms with E-state index in [0.29, 0.717) is 47.0 Å². The van der Waals surface area contributed by atoms with Crippen LogP contribution in [0.1, 0.15) is 28.7 Å². The molecule has 0 unspecified atom stereocenters. The highest BCUT2D eigenvalue weighted by atomic mass is 32.1. The number of rotatable bonds is 9. The van der Waals surface area contributed by atoms with Crippen molar-refractivity contribution >= 4 is 32.5 Å². The van der Waals surface area contributed by atoms with Crippen LogP contribution in [0.4, 0.5) is 18.3 Å². The van der Waals surface area contributed by atoms with E-state index in [0.717, 1.165) is 29.7 Å². The maximum absolute atomic E-state index is 13.1. The Hall–Kier alpha value is -2.85. The normalized spacial score (nSPS) is 12.5. The summed E-state index contributed by atoms with van der Waals surface area (Å²) in [5, 5.41) is 12.6. The third-order valence-corrected chi connectivity index (χ3v) is 6.18. The molecule has 0 atom stereocenters. The van der Waals surface area contributed by atoms with Crippen molar-refractivity contribution in [2.24, 2.45) is 10.9 Å². The number of amidine groups is 1. The fraction of sp³-hybridized carbons (Fsp3) is 0.364. The molecule has 0 aliphatic rings. The molecule has 0 saturated heterocycles. The Morgan fingerprint density at radius 2 is 2.00 bits per heavy atom. The van der Waals surface area contributed by atoms with E-state index >= 15 is 0 Å². The number of oxime groups is 1. The molecule has 0 fully saturated rings. The molecule has 0 radical (unpaired) electrons. The molecule has 10 heteroatoms. The molecular formula is C22H25F3N4O2S. The van der Waals surface area contributed by atoms with Crippen molar-refractivity contribution in [2.45, 2.75) is 25.9 Å². The van der Waals surface area contributed by atoms with Crippen molar-refractivity contribution in [1.29, 1.82) is 0 Å². The van der Waals surface area contributed by atoms with Crippen molar-refractivity contribution in [3.63, 3.8) is 0 Å². The number of hydrogen-bond donors (Lipinski definition) is 2. The third-order valence-electron chi connectivity index (χ3n) is 5.10. The lowest BCUT2D eigenvalue weighted by atomic mass is 10.0. The van der Waals surface area contributed by atoms with Gasteiger partial charge in [0.1, 0.15) is 0 Å². The molecule has 32 heavy (non-hydrogen) atoms. The average Bonchev–Trinajstić information content (AvgIpc) is 3.18. The number of benzene rings is 2. The van der Waals surface area contributed by atoms with Crippen molar-refractivity contribution in [1.82, 2.24) is 4.98 Å². The largest absolute Gasteiger partial charge is 0.416 e. The Morgan fingerprint density at radius 1 is 1.22 bits per heavy atom. The van der Waals surface area contributed by atoms with Crippen LogP contribution in [-0.4, -0.2) is 42.8 Å². The minimum atomic E-state index is -4.38. The van der Waals surface area contributed by atoms with Gasteiger partial charge in [-0.3, -0.25) is 0 Å². The molecule has 3 aromatic rings. The number of hydrogen-bond acceptors (Lipinski definition) is 6. The van der Waals surface area contributed by atoms with Crippen molar-refractivity contribution < 1.29 is 23.1 Å². The molecule has 3 rings (SSSR count). The van der Waals surface area contributed by atoms with E-state index in [1.807, 2.05) is 25.1 Å². The Balaban J connectivity index is 1.81. The van der Waals surface area contributed by atoms with Crippen LogP contribution in [0.15, 0.2) is 41.6 Å². The van der Waals surface area contributed by atoms with E-state index < -0.39 is 11.7 Å². The van der Waals surface area contributed by atoms with E-state index in [4.69, 9.17) is 15.7 Å². The number of aryl methyl sites for hydroxylation is 1. The molecule has 0 amide bonds. The number of methoxy groups -OCH3 is 1. The van der Waals surface area contributed by atoms with Crippen LogP contribution in [0.25, 0.3) is 10.2 Å². The van der Waals surface area contributed by atoms with Gasteiger partial charge in [-0.25, -0.2) is 4.98 Å². The number of ether oxygens (including phenoxy) is 1. The summed E-state index contributed by atoms with van der Waals surface area (Å²) in [7, 11) is 1.63. The molecule has 0 saturated carbocycles. The highest BCUT2D eigenvalue weighted by molar-refractivity contribution is 7.22. The van der Waals surface area contributed by atoms with Crippen molar-refractivity contribution in [3.8, 4) is 0 Å². The Bertz CT molecular complexity index is 1100. The number of aromatic nitrogens is 1. The van der Waals surface area contributed by atoms with E-state index in [2.05, 4.69) is 15.0 Å². The van der Waals surface area contributed by atoms with Gasteiger partial charge in [0.2, 0.25) is 0 Å². The molecule has 0 aliphatic heterocycles. The zero-order valence-electron chi connectivity index (χ0n) is 17.8. The Kier molecular flexibility index (Phi) is 7.57. The monoisotopic (exact) mass is 466 g/mol. The van der Waals surface area contributed by atoms with E-state index in [1.54, 1.807) is 7.11 Å². The Labute approximate surface area is 188 Å². The molecule has 1 heterocycles. The summed E-state index contributed by atoms with van der Waals surface area (Å²) in [5.74, 6) is 0.0583. The molecule has 3 N–H and O–H groups in total. The van der Waals surface area contributed by atoms with Gasteiger partial charge >= 0.3 is 6.18 Å². The van der Waals surface area contributed by atoms with Gasteiger partial charge in [0.15, 0.2) is 11.0 Å². The fourth-order valence-electron chi connectivity index (χ4n) is 3.41. The van der Waals surface area contributed by atoms with Crippen LogP contribution < -0.4 is 10.6 Å². The van der Waals surface area contributed by atoms with Crippen LogP contribution in [0.3, 0.4) is 0 Å². The molecular weight excluding hydrogens is 441 g/mol. The minimum Gasteiger partial charge on any atom is -0.409 e. The lowest BCUT2D eigenvalue weighted by molar-refractivity contribution is -0.137. The lowest BCUT2D eigenvalue weighted by Crippen LogP contribution is -2.27. The number of nitrogens with two attached hydrogens (primary N) is 1. The molecule has 0 bridgehead atoms. The molecule has 0 spiro atoms. The standard InChI is InChI=1S/C22H25F3N4O2S/c1-14-12-15(4-6-17(14)20(26)28-30)8-10-29(9-3-11-31-2)21-27-18-7-5-16(22(23,24)25)13-19(18)32-21/h4-7,12-13,30H,3,8-11H2,1-2H3,(H2,26,28). The summed E-state index contributed by atoms with van der Waals surface area (Å²) in [6.45, 7) is 3.77. The van der Waals surface area contributed by atoms with Gasteiger partial charge in [-0.2, -0.15) is 13.2 Å². The molecule has 6 nitrogen and oxygen atoms in total. The number of alkyl halides is 3. The lowest BCUT2D eigenvalue weighted by Gasteiger charge is -2.22. The number of thiazole rings is 1. The first-order valence-corrected chi connectivity index (χ1v) is 10.8. The van der Waals surface area contributed by atoms with Crippen LogP contribution in [0, 0.1) is 6.92 Å². The first-order chi connectivity index (χ1) is 15.2. The summed E-state index contributed by atoms with van der Waals surface area (Å²) in [6.07, 6.45) is -2.92. The van der Waals surface area contributed by atoms with Crippen molar-refractivity contribution in [2.75, 3.05) is 31.7 Å². The van der Waals surface area contributed by atoms with E-state index in [9.17, 15) is 13.2 Å². The molecule has 2 aromatic carbocycles. The minimum absolute atomic E-state index is 0.0583. The van der Waals surface area contributed by atoms with Crippen LogP contribution in [0.5, 0.6) is 0 Å². The summed E-state index contributed by atoms with van der Waals surface area (Å²) < 4.78 is 44.8. The molecule has 172 valence electrons. The number of nitrogens with zero attached hydrogens (tertiary/aromatic N) is 3. The van der Waals surface area contributed by atoms with Gasteiger partial charge in [0.05, 0.1) is 15.8 Å².